The molecule has 0 saturated heterocycles. The van der Waals surface area contributed by atoms with Gasteiger partial charge in [-0.05, 0) is 22.3 Å². The molecule has 0 aromatic heterocycles. The molecule has 0 aliphatic heterocycles. The average molecular weight is 434 g/mol. The van der Waals surface area contributed by atoms with Crippen LogP contribution in [0.1, 0.15) is 28.2 Å². The van der Waals surface area contributed by atoms with E-state index in [1.807, 2.05) is 36.4 Å². The maximum atomic E-state index is 13.7. The van der Waals surface area contributed by atoms with Gasteiger partial charge >= 0.3 is 5.97 Å². The first-order chi connectivity index (χ1) is 16.3. The van der Waals surface area contributed by atoms with Gasteiger partial charge in [0.15, 0.2) is 0 Å². The molecule has 0 atom stereocenters. The summed E-state index contributed by atoms with van der Waals surface area (Å²) in [5.74, 6) is -0.726. The molecule has 1 aliphatic carbocycles. The summed E-state index contributed by atoms with van der Waals surface area (Å²) in [6.45, 7) is 0.442. The highest BCUT2D eigenvalue weighted by molar-refractivity contribution is 5.87. The molecule has 0 radical (unpaired) electrons. The topological polar surface area (TPSA) is 52.6 Å². The first kappa shape index (κ1) is 20.7. The summed E-state index contributed by atoms with van der Waals surface area (Å²) in [4.78, 5) is 25.4. The van der Waals surface area contributed by atoms with E-state index in [0.29, 0.717) is 17.6 Å². The Hall–Kier alpha value is -4.18. The van der Waals surface area contributed by atoms with Gasteiger partial charge in [-0.3, -0.25) is 4.79 Å². The van der Waals surface area contributed by atoms with Crippen molar-refractivity contribution in [3.63, 3.8) is 0 Å². The van der Waals surface area contributed by atoms with Gasteiger partial charge in [-0.15, -0.1) is 0 Å². The minimum Gasteiger partial charge on any atom is -0.461 e. The van der Waals surface area contributed by atoms with E-state index in [2.05, 4.69) is 24.3 Å². The van der Waals surface area contributed by atoms with Crippen molar-refractivity contribution in [1.29, 1.82) is 0 Å². The number of carbonyl (C=O) groups is 2. The first-order valence-electron chi connectivity index (χ1n) is 10.8. The molecule has 0 unspecified atom stereocenters. The zero-order chi connectivity index (χ0) is 22.7. The summed E-state index contributed by atoms with van der Waals surface area (Å²) in [5.41, 5.74) is 3.90. The molecule has 4 nitrogen and oxygen atoms in total. The van der Waals surface area contributed by atoms with E-state index in [9.17, 15) is 9.59 Å². The van der Waals surface area contributed by atoms with Crippen molar-refractivity contribution in [2.24, 2.45) is 0 Å². The Morgan fingerprint density at radius 1 is 0.697 bits per heavy atom. The summed E-state index contributed by atoms with van der Waals surface area (Å²) in [5, 5.41) is 0. The van der Waals surface area contributed by atoms with Crippen LogP contribution in [0.5, 0.6) is 0 Å². The van der Waals surface area contributed by atoms with Crippen LogP contribution in [0, 0.1) is 0 Å². The second-order valence-corrected chi connectivity index (χ2v) is 7.95. The highest BCUT2D eigenvalue weighted by atomic mass is 16.6. The Morgan fingerprint density at radius 2 is 1.15 bits per heavy atom. The lowest BCUT2D eigenvalue weighted by molar-refractivity contribution is -0.172. The molecule has 0 heterocycles. The standard InChI is InChI=1S/C29H22O4/c30-20-33-29(21-11-3-1-4-12-21,22-13-5-2-6-14-22)28(31)32-19-27-25-17-9-7-15-23(25)24-16-8-10-18-26(24)27/h1-18,20,27H,19H2. The first-order valence-corrected chi connectivity index (χ1v) is 10.8. The van der Waals surface area contributed by atoms with Crippen LogP contribution in [0.25, 0.3) is 11.1 Å². The smallest absolute Gasteiger partial charge is 0.360 e. The normalized spacial score (nSPS) is 12.5. The molecule has 0 N–H and O–H groups in total. The lowest BCUT2D eigenvalue weighted by Crippen LogP contribution is -2.41. The highest BCUT2D eigenvalue weighted by Crippen LogP contribution is 2.45. The molecule has 0 fully saturated rings. The number of carbonyl (C=O) groups excluding carboxylic acids is 2. The zero-order valence-corrected chi connectivity index (χ0v) is 17.9. The molecule has 1 aliphatic rings. The number of ether oxygens (including phenoxy) is 2. The fraction of sp³-hybridized carbons (Fsp3) is 0.103. The predicted octanol–water partition coefficient (Wildman–Crippen LogP) is 5.46. The molecule has 0 amide bonds. The van der Waals surface area contributed by atoms with Crippen LogP contribution in [-0.2, 0) is 24.7 Å². The second kappa shape index (κ2) is 8.75. The number of hydrogen-bond donors (Lipinski definition) is 0. The molecule has 162 valence electrons. The Bertz CT molecular complexity index is 1200. The number of benzene rings is 4. The van der Waals surface area contributed by atoms with E-state index in [-0.39, 0.29) is 12.5 Å². The molecule has 0 saturated carbocycles. The van der Waals surface area contributed by atoms with E-state index in [0.717, 1.165) is 22.3 Å². The van der Waals surface area contributed by atoms with Crippen molar-refractivity contribution in [1.82, 2.24) is 0 Å². The van der Waals surface area contributed by atoms with E-state index >= 15 is 0 Å². The predicted molar refractivity (Wildman–Crippen MR) is 125 cm³/mol. The van der Waals surface area contributed by atoms with Crippen molar-refractivity contribution >= 4 is 12.4 Å². The van der Waals surface area contributed by atoms with E-state index in [1.54, 1.807) is 48.5 Å². The Morgan fingerprint density at radius 3 is 1.64 bits per heavy atom. The lowest BCUT2D eigenvalue weighted by Gasteiger charge is -2.31. The molecule has 4 heteroatoms. The molecule has 4 aromatic carbocycles. The maximum Gasteiger partial charge on any atom is 0.360 e. The summed E-state index contributed by atoms with van der Waals surface area (Å²) in [7, 11) is 0. The third-order valence-corrected chi connectivity index (χ3v) is 6.22. The Balaban J connectivity index is 1.52. The lowest BCUT2D eigenvalue weighted by atomic mass is 9.86. The van der Waals surface area contributed by atoms with E-state index < -0.39 is 11.6 Å². The van der Waals surface area contributed by atoms with Crippen LogP contribution in [0.4, 0.5) is 0 Å². The van der Waals surface area contributed by atoms with Crippen LogP contribution < -0.4 is 0 Å². The van der Waals surface area contributed by atoms with Gasteiger partial charge in [0.05, 0.1) is 0 Å². The van der Waals surface area contributed by atoms with Crippen LogP contribution in [0.15, 0.2) is 109 Å². The minimum absolute atomic E-state index is 0.0955. The zero-order valence-electron chi connectivity index (χ0n) is 17.9. The van der Waals surface area contributed by atoms with Crippen LogP contribution in [0.3, 0.4) is 0 Å². The summed E-state index contributed by atoms with van der Waals surface area (Å²) in [6.07, 6.45) is 0. The Labute approximate surface area is 192 Å². The SMILES string of the molecule is O=COC(C(=O)OCC1c2ccccc2-c2ccccc21)(c1ccccc1)c1ccccc1. The summed E-state index contributed by atoms with van der Waals surface area (Å²) in [6, 6.07) is 34.3. The fourth-order valence-corrected chi connectivity index (χ4v) is 4.70. The van der Waals surface area contributed by atoms with Gasteiger partial charge in [-0.1, -0.05) is 109 Å². The van der Waals surface area contributed by atoms with Crippen molar-refractivity contribution < 1.29 is 19.1 Å². The molecular weight excluding hydrogens is 412 g/mol. The molecule has 0 bridgehead atoms. The van der Waals surface area contributed by atoms with E-state index in [1.165, 1.54) is 0 Å². The third-order valence-electron chi connectivity index (χ3n) is 6.22. The minimum atomic E-state index is -1.69. The third kappa shape index (κ3) is 3.50. The molecular formula is C29H22O4. The van der Waals surface area contributed by atoms with E-state index in [4.69, 9.17) is 9.47 Å². The molecule has 0 spiro atoms. The van der Waals surface area contributed by atoms with Crippen molar-refractivity contribution in [3.05, 3.63) is 131 Å². The van der Waals surface area contributed by atoms with Gasteiger partial charge in [-0.2, -0.15) is 0 Å². The van der Waals surface area contributed by atoms with Crippen molar-refractivity contribution in [3.8, 4) is 11.1 Å². The van der Waals surface area contributed by atoms with Crippen LogP contribution in [-0.4, -0.2) is 19.0 Å². The van der Waals surface area contributed by atoms with Crippen LogP contribution in [0.2, 0.25) is 0 Å². The fourth-order valence-electron chi connectivity index (χ4n) is 4.70. The van der Waals surface area contributed by atoms with Gasteiger partial charge in [0.25, 0.3) is 12.1 Å². The number of rotatable bonds is 7. The summed E-state index contributed by atoms with van der Waals surface area (Å²) >= 11 is 0. The van der Waals surface area contributed by atoms with Gasteiger partial charge in [0, 0.05) is 17.0 Å². The highest BCUT2D eigenvalue weighted by Gasteiger charge is 2.47. The largest absolute Gasteiger partial charge is 0.461 e. The quantitative estimate of drug-likeness (QED) is 0.286. The monoisotopic (exact) mass is 434 g/mol. The van der Waals surface area contributed by atoms with Crippen molar-refractivity contribution in [2.45, 2.75) is 11.5 Å². The Kier molecular flexibility index (Phi) is 5.49. The maximum absolute atomic E-state index is 13.7. The molecule has 4 aromatic rings. The number of hydrogen-bond acceptors (Lipinski definition) is 4. The average Bonchev–Trinajstić information content (AvgIpc) is 3.20. The van der Waals surface area contributed by atoms with Crippen LogP contribution >= 0.6 is 0 Å². The van der Waals surface area contributed by atoms with Gasteiger partial charge < -0.3 is 9.47 Å². The molecule has 33 heavy (non-hydrogen) atoms. The number of fused-ring (bicyclic) bond motifs is 3. The molecule has 5 rings (SSSR count). The van der Waals surface area contributed by atoms with Crippen molar-refractivity contribution in [2.75, 3.05) is 6.61 Å². The van der Waals surface area contributed by atoms with Gasteiger partial charge in [0.1, 0.15) is 6.61 Å². The van der Waals surface area contributed by atoms with Gasteiger partial charge in [0.2, 0.25) is 0 Å². The summed E-state index contributed by atoms with van der Waals surface area (Å²) < 4.78 is 11.5. The van der Waals surface area contributed by atoms with Gasteiger partial charge in [-0.25, -0.2) is 4.79 Å². The number of esters is 1. The second-order valence-electron chi connectivity index (χ2n) is 7.95.